The van der Waals surface area contributed by atoms with Crippen LogP contribution in [0.1, 0.15) is 40.0 Å². The number of carbonyl (C=O) groups excluding carboxylic acids is 1. The van der Waals surface area contributed by atoms with Crippen molar-refractivity contribution in [2.45, 2.75) is 46.1 Å². The van der Waals surface area contributed by atoms with Gasteiger partial charge >= 0.3 is 0 Å². The predicted octanol–water partition coefficient (Wildman–Crippen LogP) is 1.73. The highest BCUT2D eigenvalue weighted by Crippen LogP contribution is 2.05. The monoisotopic (exact) mass is 157 g/mol. The first kappa shape index (κ1) is 10.6. The maximum Gasteiger partial charge on any atom is 0.133 e. The number of hydrogen-bond acceptors (Lipinski definition) is 2. The minimum absolute atomic E-state index is 0.158. The van der Waals surface area contributed by atoms with Crippen LogP contribution in [0.15, 0.2) is 0 Å². The molecule has 2 heteroatoms. The van der Waals surface area contributed by atoms with Gasteiger partial charge in [0.15, 0.2) is 0 Å². The minimum Gasteiger partial charge on any atom is -0.328 e. The average Bonchev–Trinajstić information content (AvgIpc) is 1.82. The molecule has 0 aromatic carbocycles. The summed E-state index contributed by atoms with van der Waals surface area (Å²) in [5.74, 6) is 0.827. The lowest BCUT2D eigenvalue weighted by molar-refractivity contribution is -0.119. The van der Waals surface area contributed by atoms with Crippen LogP contribution in [0.5, 0.6) is 0 Å². The summed E-state index contributed by atoms with van der Waals surface area (Å²) in [5, 5.41) is 0. The van der Waals surface area contributed by atoms with E-state index in [1.165, 1.54) is 0 Å². The quantitative estimate of drug-likeness (QED) is 0.660. The molecule has 0 aliphatic carbocycles. The molecule has 0 aromatic heterocycles. The van der Waals surface area contributed by atoms with E-state index in [-0.39, 0.29) is 6.04 Å². The van der Waals surface area contributed by atoms with Gasteiger partial charge in [-0.2, -0.15) is 0 Å². The highest BCUT2D eigenvalue weighted by molar-refractivity contribution is 5.78. The van der Waals surface area contributed by atoms with Gasteiger partial charge in [0.2, 0.25) is 0 Å². The smallest absolute Gasteiger partial charge is 0.133 e. The predicted molar refractivity (Wildman–Crippen MR) is 47.3 cm³/mol. The number of Topliss-reactive ketones (excluding diaryl/α,β-unsaturated/α-hetero) is 1. The van der Waals surface area contributed by atoms with E-state index >= 15 is 0 Å². The molecule has 1 atom stereocenters. The standard InChI is InChI=1S/C9H19NO/c1-7(2)6-9(11)5-4-8(3)10/h7-8H,4-6,10H2,1-3H3. The zero-order valence-corrected chi connectivity index (χ0v) is 7.76. The molecule has 1 unspecified atom stereocenters. The summed E-state index contributed by atoms with van der Waals surface area (Å²) in [6.07, 6.45) is 2.17. The third-order valence-corrected chi connectivity index (χ3v) is 1.51. The second-order valence-corrected chi connectivity index (χ2v) is 3.65. The largest absolute Gasteiger partial charge is 0.328 e. The van der Waals surface area contributed by atoms with E-state index in [4.69, 9.17) is 5.73 Å². The van der Waals surface area contributed by atoms with Crippen molar-refractivity contribution in [1.82, 2.24) is 0 Å². The van der Waals surface area contributed by atoms with Crippen LogP contribution in [0.3, 0.4) is 0 Å². The van der Waals surface area contributed by atoms with Crippen LogP contribution < -0.4 is 5.73 Å². The molecule has 2 N–H and O–H groups in total. The molecule has 0 bridgehead atoms. The van der Waals surface area contributed by atoms with Gasteiger partial charge in [-0.15, -0.1) is 0 Å². The fraction of sp³-hybridized carbons (Fsp3) is 0.889. The maximum absolute atomic E-state index is 11.1. The third kappa shape index (κ3) is 7.53. The average molecular weight is 157 g/mol. The third-order valence-electron chi connectivity index (χ3n) is 1.51. The highest BCUT2D eigenvalue weighted by atomic mass is 16.1. The Labute approximate surface area is 69.2 Å². The van der Waals surface area contributed by atoms with Crippen molar-refractivity contribution in [3.05, 3.63) is 0 Å². The van der Waals surface area contributed by atoms with Gasteiger partial charge in [-0.3, -0.25) is 4.79 Å². The Morgan fingerprint density at radius 1 is 1.36 bits per heavy atom. The van der Waals surface area contributed by atoms with Crippen molar-refractivity contribution in [2.24, 2.45) is 11.7 Å². The fourth-order valence-electron chi connectivity index (χ4n) is 0.946. The number of rotatable bonds is 5. The zero-order chi connectivity index (χ0) is 8.85. The molecule has 0 heterocycles. The van der Waals surface area contributed by atoms with Crippen molar-refractivity contribution in [3.63, 3.8) is 0 Å². The first-order valence-electron chi connectivity index (χ1n) is 4.29. The topological polar surface area (TPSA) is 43.1 Å². The molecule has 0 saturated carbocycles. The number of hydrogen-bond donors (Lipinski definition) is 1. The summed E-state index contributed by atoms with van der Waals surface area (Å²) < 4.78 is 0. The van der Waals surface area contributed by atoms with Crippen LogP contribution in [-0.2, 0) is 4.79 Å². The van der Waals surface area contributed by atoms with E-state index < -0.39 is 0 Å². The van der Waals surface area contributed by atoms with E-state index in [9.17, 15) is 4.79 Å². The van der Waals surface area contributed by atoms with E-state index in [2.05, 4.69) is 13.8 Å². The van der Waals surface area contributed by atoms with Gasteiger partial charge in [0, 0.05) is 18.9 Å². The molecule has 0 fully saturated rings. The van der Waals surface area contributed by atoms with Crippen LogP contribution in [-0.4, -0.2) is 11.8 Å². The second kappa shape index (κ2) is 5.30. The Hall–Kier alpha value is -0.370. The minimum atomic E-state index is 0.158. The normalized spacial score (nSPS) is 13.5. The summed E-state index contributed by atoms with van der Waals surface area (Å²) in [7, 11) is 0. The Morgan fingerprint density at radius 2 is 1.91 bits per heavy atom. The van der Waals surface area contributed by atoms with Crippen LogP contribution in [0, 0.1) is 5.92 Å². The summed E-state index contributed by atoms with van der Waals surface area (Å²) >= 11 is 0. The molecule has 2 nitrogen and oxygen atoms in total. The molecular formula is C9H19NO. The summed E-state index contributed by atoms with van der Waals surface area (Å²) in [6.45, 7) is 6.05. The molecule has 0 saturated heterocycles. The molecule has 0 aliphatic rings. The zero-order valence-electron chi connectivity index (χ0n) is 7.76. The summed E-state index contributed by atoms with van der Waals surface area (Å²) in [5.41, 5.74) is 5.52. The van der Waals surface area contributed by atoms with Crippen LogP contribution in [0.25, 0.3) is 0 Å². The molecule has 66 valence electrons. The molecule has 0 aromatic rings. The van der Waals surface area contributed by atoms with Gasteiger partial charge in [-0.05, 0) is 19.3 Å². The Kier molecular flexibility index (Phi) is 5.12. The molecule has 11 heavy (non-hydrogen) atoms. The molecular weight excluding hydrogens is 138 g/mol. The van der Waals surface area contributed by atoms with Crippen molar-refractivity contribution >= 4 is 5.78 Å². The lowest BCUT2D eigenvalue weighted by atomic mass is 10.0. The van der Waals surface area contributed by atoms with E-state index in [0.29, 0.717) is 24.5 Å². The summed E-state index contributed by atoms with van der Waals surface area (Å²) in [4.78, 5) is 11.1. The molecule has 0 spiro atoms. The fourth-order valence-corrected chi connectivity index (χ4v) is 0.946. The molecule has 0 rings (SSSR count). The number of ketones is 1. The molecule has 0 radical (unpaired) electrons. The van der Waals surface area contributed by atoms with Crippen molar-refractivity contribution in [3.8, 4) is 0 Å². The van der Waals surface area contributed by atoms with Gasteiger partial charge in [0.25, 0.3) is 0 Å². The van der Waals surface area contributed by atoms with Gasteiger partial charge in [0.05, 0.1) is 0 Å². The lowest BCUT2D eigenvalue weighted by Crippen LogP contribution is -2.16. The Morgan fingerprint density at radius 3 is 2.27 bits per heavy atom. The Balaban J connectivity index is 3.38. The maximum atomic E-state index is 11.1. The van der Waals surface area contributed by atoms with Gasteiger partial charge < -0.3 is 5.73 Å². The first-order valence-corrected chi connectivity index (χ1v) is 4.29. The van der Waals surface area contributed by atoms with Crippen molar-refractivity contribution in [2.75, 3.05) is 0 Å². The van der Waals surface area contributed by atoms with Crippen LogP contribution >= 0.6 is 0 Å². The van der Waals surface area contributed by atoms with Crippen LogP contribution in [0.4, 0.5) is 0 Å². The number of nitrogens with two attached hydrogens (primary N) is 1. The van der Waals surface area contributed by atoms with Gasteiger partial charge in [-0.25, -0.2) is 0 Å². The molecule has 0 aliphatic heterocycles. The highest BCUT2D eigenvalue weighted by Gasteiger charge is 2.05. The van der Waals surface area contributed by atoms with Gasteiger partial charge in [-0.1, -0.05) is 13.8 Å². The SMILES string of the molecule is CC(C)CC(=O)CCC(C)N. The van der Waals surface area contributed by atoms with E-state index in [1.807, 2.05) is 6.92 Å². The second-order valence-electron chi connectivity index (χ2n) is 3.65. The number of carbonyl (C=O) groups is 1. The van der Waals surface area contributed by atoms with E-state index in [1.54, 1.807) is 0 Å². The van der Waals surface area contributed by atoms with Crippen LogP contribution in [0.2, 0.25) is 0 Å². The van der Waals surface area contributed by atoms with Gasteiger partial charge in [0.1, 0.15) is 5.78 Å². The van der Waals surface area contributed by atoms with E-state index in [0.717, 1.165) is 6.42 Å². The summed E-state index contributed by atoms with van der Waals surface area (Å²) in [6, 6.07) is 0.158. The lowest BCUT2D eigenvalue weighted by Gasteiger charge is -2.05. The van der Waals surface area contributed by atoms with Crippen molar-refractivity contribution in [1.29, 1.82) is 0 Å². The first-order chi connectivity index (χ1) is 5.02. The van der Waals surface area contributed by atoms with Crippen molar-refractivity contribution < 1.29 is 4.79 Å². The molecule has 0 amide bonds. The Bertz CT molecular complexity index is 119.